The number of hydrogen-bond donors (Lipinski definition) is 1. The van der Waals surface area contributed by atoms with Gasteiger partial charge in [0.2, 0.25) is 0 Å². The van der Waals surface area contributed by atoms with Crippen LogP contribution in [0.3, 0.4) is 0 Å². The third kappa shape index (κ3) is 2.65. The Balaban J connectivity index is 2.41. The van der Waals surface area contributed by atoms with E-state index in [0.717, 1.165) is 34.4 Å². The molecule has 0 fully saturated rings. The molecule has 1 atom stereocenters. The van der Waals surface area contributed by atoms with Crippen molar-refractivity contribution in [1.82, 2.24) is 9.55 Å². The van der Waals surface area contributed by atoms with Gasteiger partial charge in [-0.2, -0.15) is 0 Å². The highest BCUT2D eigenvalue weighted by Gasteiger charge is 2.09. The van der Waals surface area contributed by atoms with Crippen molar-refractivity contribution in [2.45, 2.75) is 32.7 Å². The monoisotopic (exact) mass is 307 g/mol. The van der Waals surface area contributed by atoms with Gasteiger partial charge in [0, 0.05) is 29.3 Å². The highest BCUT2D eigenvalue weighted by Crippen LogP contribution is 2.25. The Morgan fingerprint density at radius 3 is 2.83 bits per heavy atom. The average Bonchev–Trinajstić information content (AvgIpc) is 2.77. The molecule has 2 rings (SSSR count). The maximum absolute atomic E-state index is 5.89. The van der Waals surface area contributed by atoms with Crippen LogP contribution in [-0.4, -0.2) is 9.55 Å². The fourth-order valence-corrected chi connectivity index (χ4v) is 2.55. The number of rotatable bonds is 4. The van der Waals surface area contributed by atoms with Gasteiger partial charge in [-0.15, -0.1) is 0 Å². The first kappa shape index (κ1) is 13.3. The quantitative estimate of drug-likeness (QED) is 0.937. The zero-order valence-corrected chi connectivity index (χ0v) is 12.3. The third-order valence-electron chi connectivity index (χ3n) is 2.95. The van der Waals surface area contributed by atoms with Gasteiger partial charge in [-0.05, 0) is 47.0 Å². The number of benzene rings is 1. The van der Waals surface area contributed by atoms with Crippen molar-refractivity contribution < 1.29 is 0 Å². The number of nitrogens with two attached hydrogens (primary N) is 1. The second-order valence-electron chi connectivity index (χ2n) is 4.46. The molecule has 0 radical (unpaired) electrons. The van der Waals surface area contributed by atoms with Crippen LogP contribution in [0.2, 0.25) is 0 Å². The van der Waals surface area contributed by atoms with Crippen LogP contribution in [0.5, 0.6) is 0 Å². The Hall–Kier alpha value is -1.13. The lowest BCUT2D eigenvalue weighted by molar-refractivity contribution is 0.800. The highest BCUT2D eigenvalue weighted by atomic mass is 79.9. The molecule has 4 heteroatoms. The minimum atomic E-state index is 0.0493. The van der Waals surface area contributed by atoms with E-state index in [1.54, 1.807) is 0 Å². The van der Waals surface area contributed by atoms with Crippen LogP contribution < -0.4 is 5.73 Å². The van der Waals surface area contributed by atoms with Gasteiger partial charge in [0.1, 0.15) is 5.82 Å². The van der Waals surface area contributed by atoms with Gasteiger partial charge in [0.15, 0.2) is 0 Å². The van der Waals surface area contributed by atoms with Gasteiger partial charge in [-0.3, -0.25) is 0 Å². The largest absolute Gasteiger partial charge is 0.324 e. The van der Waals surface area contributed by atoms with Gasteiger partial charge in [-0.1, -0.05) is 13.0 Å². The van der Waals surface area contributed by atoms with Gasteiger partial charge in [0.25, 0.3) is 0 Å². The van der Waals surface area contributed by atoms with Crippen molar-refractivity contribution in [1.29, 1.82) is 0 Å². The molecule has 2 N–H and O–H groups in total. The summed E-state index contributed by atoms with van der Waals surface area (Å²) in [5.74, 6) is 1.09. The van der Waals surface area contributed by atoms with Crippen LogP contribution in [0.25, 0.3) is 5.69 Å². The van der Waals surface area contributed by atoms with E-state index in [1.807, 2.05) is 19.3 Å². The Bertz CT molecular complexity index is 532. The van der Waals surface area contributed by atoms with Crippen LogP contribution in [0.15, 0.2) is 35.1 Å². The number of halogens is 1. The lowest BCUT2D eigenvalue weighted by atomic mass is 10.1. The fraction of sp³-hybridized carbons (Fsp3) is 0.357. The molecule has 1 heterocycles. The summed E-state index contributed by atoms with van der Waals surface area (Å²) in [5.41, 5.74) is 8.13. The van der Waals surface area contributed by atoms with E-state index < -0.39 is 0 Å². The van der Waals surface area contributed by atoms with Crippen LogP contribution in [0.4, 0.5) is 0 Å². The average molecular weight is 308 g/mol. The van der Waals surface area contributed by atoms with Crippen molar-refractivity contribution in [3.8, 4) is 5.69 Å². The van der Waals surface area contributed by atoms with Crippen molar-refractivity contribution in [3.63, 3.8) is 0 Å². The van der Waals surface area contributed by atoms with Crippen LogP contribution in [0, 0.1) is 0 Å². The smallest absolute Gasteiger partial charge is 0.113 e. The molecule has 0 saturated heterocycles. The standard InChI is InChI=1S/C14H18BrN3/c1-3-4-14-17-7-8-18(14)13-6-5-11(10(2)16)9-12(13)15/h5-10H,3-4,16H2,1-2H3/t10-/m0/s1. The van der Waals surface area contributed by atoms with Crippen molar-refractivity contribution in [3.05, 3.63) is 46.5 Å². The molecule has 1 aromatic carbocycles. The first-order valence-corrected chi connectivity index (χ1v) is 7.00. The fourth-order valence-electron chi connectivity index (χ4n) is 1.96. The van der Waals surface area contributed by atoms with Gasteiger partial charge in [0.05, 0.1) is 5.69 Å². The Morgan fingerprint density at radius 1 is 1.44 bits per heavy atom. The second-order valence-corrected chi connectivity index (χ2v) is 5.32. The minimum absolute atomic E-state index is 0.0493. The number of imidazole rings is 1. The number of hydrogen-bond acceptors (Lipinski definition) is 2. The maximum atomic E-state index is 5.89. The number of nitrogens with zero attached hydrogens (tertiary/aromatic N) is 2. The molecular formula is C14H18BrN3. The summed E-state index contributed by atoms with van der Waals surface area (Å²) in [4.78, 5) is 4.40. The van der Waals surface area contributed by atoms with Gasteiger partial charge >= 0.3 is 0 Å². The van der Waals surface area contributed by atoms with E-state index in [4.69, 9.17) is 5.73 Å². The Kier molecular flexibility index (Phi) is 4.19. The van der Waals surface area contributed by atoms with E-state index in [0.29, 0.717) is 0 Å². The molecule has 0 aliphatic heterocycles. The Morgan fingerprint density at radius 2 is 2.22 bits per heavy atom. The lowest BCUT2D eigenvalue weighted by Crippen LogP contribution is -2.06. The first-order valence-electron chi connectivity index (χ1n) is 6.21. The summed E-state index contributed by atoms with van der Waals surface area (Å²) in [6.07, 6.45) is 5.91. The number of aromatic nitrogens is 2. The summed E-state index contributed by atoms with van der Waals surface area (Å²) in [5, 5.41) is 0. The summed E-state index contributed by atoms with van der Waals surface area (Å²) >= 11 is 3.62. The summed E-state index contributed by atoms with van der Waals surface area (Å²) in [6.45, 7) is 4.15. The zero-order valence-electron chi connectivity index (χ0n) is 10.7. The van der Waals surface area contributed by atoms with E-state index >= 15 is 0 Å². The molecular weight excluding hydrogens is 290 g/mol. The predicted octanol–water partition coefficient (Wildman–Crippen LogP) is 3.61. The van der Waals surface area contributed by atoms with Crippen LogP contribution in [0.1, 0.15) is 37.7 Å². The minimum Gasteiger partial charge on any atom is -0.324 e. The molecule has 0 aliphatic carbocycles. The topological polar surface area (TPSA) is 43.8 Å². The van der Waals surface area contributed by atoms with Crippen molar-refractivity contribution in [2.75, 3.05) is 0 Å². The van der Waals surface area contributed by atoms with Gasteiger partial charge in [-0.25, -0.2) is 4.98 Å². The molecule has 0 bridgehead atoms. The molecule has 1 aromatic heterocycles. The van der Waals surface area contributed by atoms with E-state index in [-0.39, 0.29) is 6.04 Å². The Labute approximate surface area is 116 Å². The summed E-state index contributed by atoms with van der Waals surface area (Å²) in [7, 11) is 0. The molecule has 0 unspecified atom stereocenters. The molecule has 0 saturated carbocycles. The molecule has 3 nitrogen and oxygen atoms in total. The van der Waals surface area contributed by atoms with E-state index in [2.05, 4.69) is 50.6 Å². The highest BCUT2D eigenvalue weighted by molar-refractivity contribution is 9.10. The summed E-state index contributed by atoms with van der Waals surface area (Å²) in [6, 6.07) is 6.29. The number of aryl methyl sites for hydroxylation is 1. The van der Waals surface area contributed by atoms with Crippen molar-refractivity contribution in [2.24, 2.45) is 5.73 Å². The second kappa shape index (κ2) is 5.67. The first-order chi connectivity index (χ1) is 8.63. The lowest BCUT2D eigenvalue weighted by Gasteiger charge is -2.12. The predicted molar refractivity (Wildman–Crippen MR) is 77.9 cm³/mol. The van der Waals surface area contributed by atoms with E-state index in [1.165, 1.54) is 0 Å². The molecule has 0 aliphatic rings. The molecule has 96 valence electrons. The van der Waals surface area contributed by atoms with Crippen LogP contribution in [-0.2, 0) is 6.42 Å². The third-order valence-corrected chi connectivity index (χ3v) is 3.58. The van der Waals surface area contributed by atoms with Gasteiger partial charge < -0.3 is 10.3 Å². The van der Waals surface area contributed by atoms with Crippen molar-refractivity contribution >= 4 is 15.9 Å². The maximum Gasteiger partial charge on any atom is 0.113 e. The SMILES string of the molecule is CCCc1nccn1-c1ccc([C@H](C)N)cc1Br. The zero-order chi connectivity index (χ0) is 13.1. The molecule has 0 amide bonds. The molecule has 18 heavy (non-hydrogen) atoms. The van der Waals surface area contributed by atoms with Crippen LogP contribution >= 0.6 is 15.9 Å². The molecule has 2 aromatic rings. The molecule has 0 spiro atoms. The van der Waals surface area contributed by atoms with E-state index in [9.17, 15) is 0 Å². The summed E-state index contributed by atoms with van der Waals surface area (Å²) < 4.78 is 3.17. The normalized spacial score (nSPS) is 12.7.